The van der Waals surface area contributed by atoms with Crippen molar-refractivity contribution in [3.8, 4) is 0 Å². The minimum absolute atomic E-state index is 0.318. The van der Waals surface area contributed by atoms with E-state index >= 15 is 0 Å². The van der Waals surface area contributed by atoms with E-state index in [-0.39, 0.29) is 5.78 Å². The molecule has 0 radical (unpaired) electrons. The quantitative estimate of drug-likeness (QED) is 0.399. The summed E-state index contributed by atoms with van der Waals surface area (Å²) >= 11 is 0. The van der Waals surface area contributed by atoms with Crippen LogP contribution in [0.25, 0.3) is 0 Å². The largest absolute Gasteiger partial charge is 0.305 e. The van der Waals surface area contributed by atoms with Crippen LogP contribution in [-0.4, -0.2) is 18.2 Å². The van der Waals surface area contributed by atoms with Crippen molar-refractivity contribution in [1.29, 1.82) is 0 Å². The molecule has 0 saturated carbocycles. The van der Waals surface area contributed by atoms with Gasteiger partial charge in [0.2, 0.25) is 0 Å². The first-order valence-corrected chi connectivity index (χ1v) is 5.86. The molecule has 0 aliphatic carbocycles. The smallest absolute Gasteiger partial charge is 0.172 e. The van der Waals surface area contributed by atoms with Gasteiger partial charge in [-0.05, 0) is 12.3 Å². The lowest BCUT2D eigenvalue weighted by Crippen LogP contribution is -1.91. The second kappa shape index (κ2) is 3.08. The summed E-state index contributed by atoms with van der Waals surface area (Å²) in [5, 5.41) is 2.74. The normalized spacial score (nSPS) is 35.7. The van der Waals surface area contributed by atoms with E-state index in [0.717, 1.165) is 12.7 Å². The van der Waals surface area contributed by atoms with Crippen LogP contribution in [0, 0.1) is 5.92 Å². The summed E-state index contributed by atoms with van der Waals surface area (Å²) < 4.78 is 11.5. The summed E-state index contributed by atoms with van der Waals surface area (Å²) in [6.07, 6.45) is 2.36. The summed E-state index contributed by atoms with van der Waals surface area (Å²) in [5.74, 6) is 0.247. The van der Waals surface area contributed by atoms with Crippen LogP contribution >= 0.6 is 7.29 Å². The van der Waals surface area contributed by atoms with Crippen LogP contribution in [0.2, 0.25) is 0 Å². The molecule has 1 fully saturated rings. The average molecular weight is 175 g/mol. The number of hydrogen-bond acceptors (Lipinski definition) is 2. The van der Waals surface area contributed by atoms with E-state index < -0.39 is 7.29 Å². The minimum atomic E-state index is -2.20. The molecular formula is C7H14NO2P. The molecule has 0 spiro atoms. The number of hydrogen-bond donors (Lipinski definition) is 1. The highest BCUT2D eigenvalue weighted by molar-refractivity contribution is 7.70. The van der Waals surface area contributed by atoms with Gasteiger partial charge in [-0.2, -0.15) is 0 Å². The van der Waals surface area contributed by atoms with Crippen LogP contribution in [0.3, 0.4) is 0 Å². The summed E-state index contributed by atoms with van der Waals surface area (Å²) in [6.45, 7) is 4.18. The summed E-state index contributed by atoms with van der Waals surface area (Å²) in [7, 11) is -2.20. The molecule has 2 unspecified atom stereocenters. The predicted molar refractivity (Wildman–Crippen MR) is 44.9 cm³/mol. The number of rotatable bonds is 4. The molecule has 1 saturated heterocycles. The molecule has 1 heterocycles. The Morgan fingerprint density at radius 1 is 1.64 bits per heavy atom. The second-order valence-electron chi connectivity index (χ2n) is 3.41. The van der Waals surface area contributed by atoms with Gasteiger partial charge in [0.05, 0.1) is 0 Å². The van der Waals surface area contributed by atoms with Gasteiger partial charge in [0.15, 0.2) is 7.29 Å². The standard InChI is InChI=1S/C7H14NO2P/c1-6(2)3-4-11(10)7(5-9)8-11/h5-7H,3-4H2,1-2H3,(H,8,10). The van der Waals surface area contributed by atoms with Crippen LogP contribution in [-0.2, 0) is 9.36 Å². The third-order valence-corrected chi connectivity index (χ3v) is 4.41. The number of carbonyl (C=O) groups is 1. The molecule has 4 heteroatoms. The van der Waals surface area contributed by atoms with E-state index in [1.54, 1.807) is 0 Å². The number of nitrogens with one attached hydrogen (secondary N) is 1. The fourth-order valence-corrected chi connectivity index (χ4v) is 3.31. The molecule has 64 valence electrons. The number of aldehydes is 1. The van der Waals surface area contributed by atoms with Gasteiger partial charge in [0.25, 0.3) is 0 Å². The zero-order valence-electron chi connectivity index (χ0n) is 6.91. The lowest BCUT2D eigenvalue weighted by molar-refractivity contribution is -0.107. The zero-order valence-corrected chi connectivity index (χ0v) is 7.80. The van der Waals surface area contributed by atoms with Gasteiger partial charge in [-0.15, -0.1) is 0 Å². The van der Waals surface area contributed by atoms with E-state index in [4.69, 9.17) is 0 Å². The zero-order chi connectivity index (χ0) is 8.48. The highest BCUT2D eigenvalue weighted by atomic mass is 31.2. The molecular weight excluding hydrogens is 161 g/mol. The van der Waals surface area contributed by atoms with Gasteiger partial charge in [-0.1, -0.05) is 13.8 Å². The molecule has 2 atom stereocenters. The van der Waals surface area contributed by atoms with Gasteiger partial charge < -0.3 is 9.36 Å². The SMILES string of the molecule is CC(C)CCP1(=O)NC1C=O. The molecule has 11 heavy (non-hydrogen) atoms. The molecule has 1 aliphatic heterocycles. The second-order valence-corrected chi connectivity index (χ2v) is 6.26. The van der Waals surface area contributed by atoms with Crippen molar-refractivity contribution in [2.75, 3.05) is 6.16 Å². The monoisotopic (exact) mass is 175 g/mol. The van der Waals surface area contributed by atoms with Crippen molar-refractivity contribution in [2.45, 2.75) is 26.1 Å². The van der Waals surface area contributed by atoms with Crippen LogP contribution in [0.5, 0.6) is 0 Å². The van der Waals surface area contributed by atoms with E-state index in [1.807, 2.05) is 0 Å². The Morgan fingerprint density at radius 3 is 2.64 bits per heavy atom. The maximum Gasteiger partial charge on any atom is 0.172 e. The predicted octanol–water partition coefficient (Wildman–Crippen LogP) is 1.44. The molecule has 0 amide bonds. The Hall–Kier alpha value is -0.140. The molecule has 1 rings (SSSR count). The molecule has 1 aliphatic rings. The van der Waals surface area contributed by atoms with Gasteiger partial charge in [-0.25, -0.2) is 5.09 Å². The van der Waals surface area contributed by atoms with E-state index in [2.05, 4.69) is 18.9 Å². The minimum Gasteiger partial charge on any atom is -0.305 e. The molecule has 0 bridgehead atoms. The molecule has 0 aromatic carbocycles. The summed E-state index contributed by atoms with van der Waals surface area (Å²) in [6, 6.07) is 0. The lowest BCUT2D eigenvalue weighted by atomic mass is 10.2. The van der Waals surface area contributed by atoms with Crippen molar-refractivity contribution in [1.82, 2.24) is 5.09 Å². The van der Waals surface area contributed by atoms with Gasteiger partial charge in [0, 0.05) is 6.16 Å². The Morgan fingerprint density at radius 2 is 2.27 bits per heavy atom. The van der Waals surface area contributed by atoms with Gasteiger partial charge in [0.1, 0.15) is 12.1 Å². The van der Waals surface area contributed by atoms with Crippen molar-refractivity contribution >= 4 is 13.6 Å². The van der Waals surface area contributed by atoms with Crippen LogP contribution in [0.15, 0.2) is 0 Å². The Kier molecular flexibility index (Phi) is 2.50. The van der Waals surface area contributed by atoms with Crippen LogP contribution in [0.4, 0.5) is 0 Å². The first-order chi connectivity index (χ1) is 5.08. The van der Waals surface area contributed by atoms with Gasteiger partial charge >= 0.3 is 0 Å². The maximum atomic E-state index is 11.5. The van der Waals surface area contributed by atoms with E-state index in [9.17, 15) is 9.36 Å². The van der Waals surface area contributed by atoms with Crippen LogP contribution in [0.1, 0.15) is 20.3 Å². The van der Waals surface area contributed by atoms with E-state index in [0.29, 0.717) is 12.1 Å². The van der Waals surface area contributed by atoms with Crippen molar-refractivity contribution in [3.63, 3.8) is 0 Å². The molecule has 0 aromatic rings. The van der Waals surface area contributed by atoms with Crippen molar-refractivity contribution < 1.29 is 9.36 Å². The van der Waals surface area contributed by atoms with Crippen molar-refractivity contribution in [2.24, 2.45) is 5.92 Å². The topological polar surface area (TPSA) is 56.1 Å². The van der Waals surface area contributed by atoms with Gasteiger partial charge in [-0.3, -0.25) is 0 Å². The number of carbonyl (C=O) groups excluding carboxylic acids is 1. The Balaban J connectivity index is 2.29. The summed E-state index contributed by atoms with van der Waals surface area (Å²) in [4.78, 5) is 10.2. The Bertz CT molecular complexity index is 203. The first kappa shape index (κ1) is 8.95. The fourth-order valence-electron chi connectivity index (χ4n) is 0.973. The highest BCUT2D eigenvalue weighted by Crippen LogP contribution is 2.59. The highest BCUT2D eigenvalue weighted by Gasteiger charge is 2.48. The van der Waals surface area contributed by atoms with Crippen molar-refractivity contribution in [3.05, 3.63) is 0 Å². The third kappa shape index (κ3) is 2.14. The summed E-state index contributed by atoms with van der Waals surface area (Å²) in [5.41, 5.74) is 0. The first-order valence-electron chi connectivity index (χ1n) is 3.90. The molecule has 3 nitrogen and oxygen atoms in total. The fraction of sp³-hybridized carbons (Fsp3) is 0.857. The molecule has 0 aromatic heterocycles. The molecule has 1 N–H and O–H groups in total. The maximum absolute atomic E-state index is 11.5. The Labute approximate surface area is 67.0 Å². The lowest BCUT2D eigenvalue weighted by Gasteiger charge is -2.00. The van der Waals surface area contributed by atoms with E-state index in [1.165, 1.54) is 0 Å². The van der Waals surface area contributed by atoms with Crippen LogP contribution < -0.4 is 5.09 Å². The average Bonchev–Trinajstić information content (AvgIpc) is 2.59. The third-order valence-electron chi connectivity index (χ3n) is 1.90.